The lowest BCUT2D eigenvalue weighted by atomic mass is 9.93. The van der Waals surface area contributed by atoms with Gasteiger partial charge in [0.25, 0.3) is 5.56 Å². The average molecular weight is 450 g/mol. The van der Waals surface area contributed by atoms with Crippen LogP contribution in [-0.2, 0) is 17.8 Å². The van der Waals surface area contributed by atoms with Crippen LogP contribution in [0.2, 0.25) is 0 Å². The van der Waals surface area contributed by atoms with Crippen molar-refractivity contribution in [3.8, 4) is 0 Å². The molecule has 1 amide bonds. The largest absolute Gasteiger partial charge is 0.342 e. The second kappa shape index (κ2) is 8.42. The lowest BCUT2D eigenvalue weighted by molar-refractivity contribution is -0.133. The Morgan fingerprint density at radius 2 is 2.00 bits per heavy atom. The molecule has 2 fully saturated rings. The molecular formula is C26H35N5O2. The Labute approximate surface area is 194 Å². The molecule has 1 saturated carbocycles. The summed E-state index contributed by atoms with van der Waals surface area (Å²) >= 11 is 0. The molecule has 0 aromatic carbocycles. The van der Waals surface area contributed by atoms with Gasteiger partial charge in [0.15, 0.2) is 5.65 Å². The zero-order valence-electron chi connectivity index (χ0n) is 19.6. The van der Waals surface area contributed by atoms with Crippen molar-refractivity contribution in [1.29, 1.82) is 0 Å². The summed E-state index contributed by atoms with van der Waals surface area (Å²) in [6.07, 6.45) is 12.0. The Bertz CT molecular complexity index is 1140. The first kappa shape index (κ1) is 21.1. The molecule has 176 valence electrons. The highest BCUT2D eigenvalue weighted by Gasteiger charge is 2.42. The quantitative estimate of drug-likeness (QED) is 0.728. The highest BCUT2D eigenvalue weighted by Crippen LogP contribution is 2.40. The summed E-state index contributed by atoms with van der Waals surface area (Å²) in [5.74, 6) is 2.21. The maximum absolute atomic E-state index is 13.4. The van der Waals surface area contributed by atoms with Crippen molar-refractivity contribution in [2.75, 3.05) is 26.2 Å². The van der Waals surface area contributed by atoms with Crippen molar-refractivity contribution in [3.05, 3.63) is 45.5 Å². The normalized spacial score (nSPS) is 28.3. The number of aromatic nitrogens is 3. The number of carbonyl (C=O) groups is 1. The third-order valence-electron chi connectivity index (χ3n) is 8.43. The minimum atomic E-state index is 0.0600. The molecule has 2 aromatic heterocycles. The van der Waals surface area contributed by atoms with Crippen molar-refractivity contribution in [3.63, 3.8) is 0 Å². The third-order valence-corrected chi connectivity index (χ3v) is 8.43. The summed E-state index contributed by atoms with van der Waals surface area (Å²) in [6.45, 7) is 6.55. The number of allylic oxidation sites excluding steroid dienone is 2. The van der Waals surface area contributed by atoms with Gasteiger partial charge in [0.2, 0.25) is 5.91 Å². The van der Waals surface area contributed by atoms with Gasteiger partial charge in [-0.3, -0.25) is 19.6 Å². The van der Waals surface area contributed by atoms with Crippen LogP contribution in [0.4, 0.5) is 0 Å². The number of carbonyl (C=O) groups excluding carboxylic acids is 1. The van der Waals surface area contributed by atoms with E-state index in [9.17, 15) is 9.59 Å². The Morgan fingerprint density at radius 1 is 1.18 bits per heavy atom. The standard InChI is InChI=1S/C26H35N5O2/c1-17-13-20(17)25(32)30-11-7-19(8-12-30)23-14-24-27-22-9-10-29(15-18-5-3-2-4-6-18)16-21(22)26(33)31(24)28-23/h2-3,14,17-20,28H,4-13,15-16H2,1H3/t17-,18+,20+/m1/s1. The van der Waals surface area contributed by atoms with Gasteiger partial charge in [0.05, 0.1) is 11.3 Å². The number of aromatic amines is 1. The van der Waals surface area contributed by atoms with E-state index in [-0.39, 0.29) is 11.5 Å². The van der Waals surface area contributed by atoms with Gasteiger partial charge in [-0.1, -0.05) is 19.1 Å². The second-order valence-corrected chi connectivity index (χ2v) is 10.8. The molecule has 2 aromatic rings. The van der Waals surface area contributed by atoms with Crippen molar-refractivity contribution in [2.24, 2.45) is 17.8 Å². The van der Waals surface area contributed by atoms with E-state index in [0.29, 0.717) is 30.2 Å². The predicted octanol–water partition coefficient (Wildman–Crippen LogP) is 3.10. The van der Waals surface area contributed by atoms with Crippen LogP contribution in [0.3, 0.4) is 0 Å². The molecule has 0 bridgehead atoms. The molecule has 0 spiro atoms. The lowest BCUT2D eigenvalue weighted by Gasteiger charge is -2.31. The van der Waals surface area contributed by atoms with Crippen molar-refractivity contribution < 1.29 is 4.79 Å². The summed E-state index contributed by atoms with van der Waals surface area (Å²) < 4.78 is 1.66. The number of hydrogen-bond donors (Lipinski definition) is 1. The predicted molar refractivity (Wildman–Crippen MR) is 127 cm³/mol. The van der Waals surface area contributed by atoms with Crippen molar-refractivity contribution in [2.45, 2.75) is 64.3 Å². The van der Waals surface area contributed by atoms with Crippen LogP contribution in [0.25, 0.3) is 5.65 Å². The first-order chi connectivity index (χ1) is 16.1. The van der Waals surface area contributed by atoms with Crippen LogP contribution >= 0.6 is 0 Å². The monoisotopic (exact) mass is 449 g/mol. The molecule has 4 aliphatic rings. The highest BCUT2D eigenvalue weighted by atomic mass is 16.2. The highest BCUT2D eigenvalue weighted by molar-refractivity contribution is 5.81. The van der Waals surface area contributed by atoms with Gasteiger partial charge in [-0.05, 0) is 50.4 Å². The van der Waals surface area contributed by atoms with E-state index in [2.05, 4.69) is 35.1 Å². The van der Waals surface area contributed by atoms with Gasteiger partial charge in [0, 0.05) is 62.7 Å². The zero-order valence-corrected chi connectivity index (χ0v) is 19.6. The topological polar surface area (TPSA) is 73.7 Å². The molecule has 6 rings (SSSR count). The van der Waals surface area contributed by atoms with E-state index in [1.807, 2.05) is 4.90 Å². The Balaban J connectivity index is 1.16. The molecule has 1 saturated heterocycles. The van der Waals surface area contributed by atoms with Crippen molar-refractivity contribution in [1.82, 2.24) is 24.4 Å². The van der Waals surface area contributed by atoms with Gasteiger partial charge in [-0.2, -0.15) is 0 Å². The number of amides is 1. The molecule has 1 N–H and O–H groups in total. The first-order valence-electron chi connectivity index (χ1n) is 12.9. The Hall–Kier alpha value is -2.41. The average Bonchev–Trinajstić information content (AvgIpc) is 3.42. The van der Waals surface area contributed by atoms with E-state index >= 15 is 0 Å². The number of nitrogens with one attached hydrogen (secondary N) is 1. The SMILES string of the molecule is C[C@@H]1C[C@@H]1C(=O)N1CCC(c2cc3nc4c(c(=O)n3[nH]2)CN(C[C@H]2CC=CCC2)CC4)CC1. The molecule has 7 heteroatoms. The molecule has 0 unspecified atom stereocenters. The minimum Gasteiger partial charge on any atom is -0.342 e. The minimum absolute atomic E-state index is 0.0600. The van der Waals surface area contributed by atoms with Gasteiger partial charge < -0.3 is 4.90 Å². The fourth-order valence-corrected chi connectivity index (χ4v) is 6.12. The van der Waals surface area contributed by atoms with Gasteiger partial charge in [-0.25, -0.2) is 9.50 Å². The molecule has 0 radical (unpaired) electrons. The fraction of sp³-hybridized carbons (Fsp3) is 0.654. The van der Waals surface area contributed by atoms with Crippen LogP contribution in [0.5, 0.6) is 0 Å². The Kier molecular flexibility index (Phi) is 5.40. The summed E-state index contributed by atoms with van der Waals surface area (Å²) in [6, 6.07) is 2.06. The molecule has 2 aliphatic carbocycles. The van der Waals surface area contributed by atoms with E-state index in [1.54, 1.807) is 4.52 Å². The number of hydrogen-bond acceptors (Lipinski definition) is 4. The zero-order chi connectivity index (χ0) is 22.5. The van der Waals surface area contributed by atoms with E-state index in [0.717, 1.165) is 80.9 Å². The number of H-pyrrole nitrogens is 1. The number of nitrogens with zero attached hydrogens (tertiary/aromatic N) is 4. The van der Waals surface area contributed by atoms with Crippen LogP contribution in [0, 0.1) is 17.8 Å². The maximum atomic E-state index is 13.4. The van der Waals surface area contributed by atoms with Crippen LogP contribution in [0.1, 0.15) is 68.3 Å². The molecule has 7 nitrogen and oxygen atoms in total. The molecular weight excluding hydrogens is 414 g/mol. The lowest BCUT2D eigenvalue weighted by Crippen LogP contribution is -2.39. The number of likely N-dealkylation sites (tertiary alicyclic amines) is 1. The summed E-state index contributed by atoms with van der Waals surface area (Å²) in [5, 5.41) is 3.38. The molecule has 4 heterocycles. The van der Waals surface area contributed by atoms with Gasteiger partial charge >= 0.3 is 0 Å². The summed E-state index contributed by atoms with van der Waals surface area (Å²) in [4.78, 5) is 35.3. The van der Waals surface area contributed by atoms with Gasteiger partial charge in [-0.15, -0.1) is 0 Å². The first-order valence-corrected chi connectivity index (χ1v) is 12.9. The summed E-state index contributed by atoms with van der Waals surface area (Å²) in [7, 11) is 0. The number of fused-ring (bicyclic) bond motifs is 2. The van der Waals surface area contributed by atoms with Crippen LogP contribution in [0.15, 0.2) is 23.0 Å². The molecule has 3 atom stereocenters. The van der Waals surface area contributed by atoms with Gasteiger partial charge in [0.1, 0.15) is 0 Å². The van der Waals surface area contributed by atoms with E-state index in [4.69, 9.17) is 4.98 Å². The number of rotatable bonds is 4. The third kappa shape index (κ3) is 4.05. The smallest absolute Gasteiger partial charge is 0.277 e. The van der Waals surface area contributed by atoms with Crippen LogP contribution < -0.4 is 5.56 Å². The molecule has 33 heavy (non-hydrogen) atoms. The van der Waals surface area contributed by atoms with E-state index < -0.39 is 0 Å². The maximum Gasteiger partial charge on any atom is 0.277 e. The van der Waals surface area contributed by atoms with Crippen LogP contribution in [-0.4, -0.2) is 56.5 Å². The Morgan fingerprint density at radius 3 is 2.73 bits per heavy atom. The second-order valence-electron chi connectivity index (χ2n) is 10.8. The number of piperidine rings is 1. The molecule has 2 aliphatic heterocycles. The van der Waals surface area contributed by atoms with Crippen molar-refractivity contribution >= 4 is 11.6 Å². The van der Waals surface area contributed by atoms with E-state index in [1.165, 1.54) is 12.8 Å². The fourth-order valence-electron chi connectivity index (χ4n) is 6.12. The summed E-state index contributed by atoms with van der Waals surface area (Å²) in [5.41, 5.74) is 3.72.